The smallest absolute Gasteiger partial charge is 0.256 e. The van der Waals surface area contributed by atoms with Gasteiger partial charge in [0.2, 0.25) is 5.88 Å². The van der Waals surface area contributed by atoms with Crippen molar-refractivity contribution in [1.29, 1.82) is 0 Å². The molecule has 2 heterocycles. The zero-order valence-corrected chi connectivity index (χ0v) is 13.7. The highest BCUT2D eigenvalue weighted by Gasteiger charge is 2.24. The van der Waals surface area contributed by atoms with Gasteiger partial charge in [-0.15, -0.1) is 11.8 Å². The maximum Gasteiger partial charge on any atom is 0.256 e. The topological polar surface area (TPSA) is 54.5 Å². The molecule has 1 unspecified atom stereocenters. The van der Waals surface area contributed by atoms with Gasteiger partial charge in [-0.05, 0) is 44.3 Å². The number of ether oxygens (including phenoxy) is 1. The molecular formula is C15H23N3O2S. The van der Waals surface area contributed by atoms with E-state index in [0.29, 0.717) is 24.0 Å². The van der Waals surface area contributed by atoms with Crippen LogP contribution in [-0.2, 0) is 0 Å². The highest BCUT2D eigenvalue weighted by atomic mass is 32.2. The Hall–Kier alpha value is -1.27. The molecule has 1 aliphatic rings. The van der Waals surface area contributed by atoms with Crippen molar-refractivity contribution in [3.05, 3.63) is 17.7 Å². The second-order valence-electron chi connectivity index (χ2n) is 5.05. The number of hydrogen-bond acceptors (Lipinski definition) is 5. The molecule has 1 N–H and O–H groups in total. The minimum Gasteiger partial charge on any atom is -0.480 e. The molecule has 116 valence electrons. The molecule has 0 spiro atoms. The van der Waals surface area contributed by atoms with Gasteiger partial charge in [0.25, 0.3) is 5.91 Å². The van der Waals surface area contributed by atoms with Gasteiger partial charge in [-0.3, -0.25) is 9.69 Å². The second-order valence-corrected chi connectivity index (χ2v) is 5.87. The molecule has 1 aliphatic heterocycles. The van der Waals surface area contributed by atoms with E-state index in [1.807, 2.05) is 12.3 Å². The molecule has 1 aromatic rings. The van der Waals surface area contributed by atoms with Crippen molar-refractivity contribution in [1.82, 2.24) is 15.2 Å². The lowest BCUT2D eigenvalue weighted by Crippen LogP contribution is -2.40. The molecule has 5 nitrogen and oxygen atoms in total. The number of nitrogens with one attached hydrogen (secondary N) is 1. The molecule has 0 saturated carbocycles. The van der Waals surface area contributed by atoms with Gasteiger partial charge >= 0.3 is 0 Å². The number of hydrogen-bond donors (Lipinski definition) is 1. The normalized spacial score (nSPS) is 18.7. The highest BCUT2D eigenvalue weighted by molar-refractivity contribution is 7.98. The van der Waals surface area contributed by atoms with E-state index in [1.165, 1.54) is 18.2 Å². The Morgan fingerprint density at radius 3 is 3.05 bits per heavy atom. The van der Waals surface area contributed by atoms with Crippen LogP contribution in [0.25, 0.3) is 0 Å². The molecule has 2 rings (SSSR count). The summed E-state index contributed by atoms with van der Waals surface area (Å²) < 4.78 is 5.23. The van der Waals surface area contributed by atoms with Crippen molar-refractivity contribution in [3.8, 4) is 5.88 Å². The van der Waals surface area contributed by atoms with Crippen LogP contribution < -0.4 is 10.1 Å². The molecular weight excluding hydrogens is 286 g/mol. The zero-order valence-electron chi connectivity index (χ0n) is 12.9. The van der Waals surface area contributed by atoms with E-state index < -0.39 is 0 Å². The van der Waals surface area contributed by atoms with Gasteiger partial charge < -0.3 is 10.1 Å². The molecule has 1 saturated heterocycles. The maximum absolute atomic E-state index is 12.3. The molecule has 0 bridgehead atoms. The van der Waals surface area contributed by atoms with Gasteiger partial charge in [-0.1, -0.05) is 6.92 Å². The number of nitrogens with zero attached hydrogens (tertiary/aromatic N) is 2. The largest absolute Gasteiger partial charge is 0.480 e. The molecule has 1 fully saturated rings. The minimum atomic E-state index is -0.116. The summed E-state index contributed by atoms with van der Waals surface area (Å²) in [7, 11) is 1.54. The van der Waals surface area contributed by atoms with Crippen LogP contribution in [-0.4, -0.2) is 54.8 Å². The quantitative estimate of drug-likeness (QED) is 0.815. The summed E-state index contributed by atoms with van der Waals surface area (Å²) in [6, 6.07) is 4.07. The lowest BCUT2D eigenvalue weighted by molar-refractivity contribution is 0.0937. The van der Waals surface area contributed by atoms with Crippen molar-refractivity contribution < 1.29 is 9.53 Å². The fourth-order valence-electron chi connectivity index (χ4n) is 2.71. The average Bonchev–Trinajstić information content (AvgIpc) is 2.99. The fraction of sp³-hybridized carbons (Fsp3) is 0.600. The van der Waals surface area contributed by atoms with E-state index in [4.69, 9.17) is 4.74 Å². The van der Waals surface area contributed by atoms with Crippen LogP contribution in [0.2, 0.25) is 0 Å². The second kappa shape index (κ2) is 7.66. The third-order valence-corrected chi connectivity index (χ3v) is 4.53. The summed E-state index contributed by atoms with van der Waals surface area (Å²) in [5.41, 5.74) is 0.497. The van der Waals surface area contributed by atoms with E-state index in [-0.39, 0.29) is 5.91 Å². The monoisotopic (exact) mass is 309 g/mol. The Balaban J connectivity index is 2.00. The first kappa shape index (κ1) is 16.1. The summed E-state index contributed by atoms with van der Waals surface area (Å²) in [5, 5.41) is 3.85. The number of likely N-dealkylation sites (tertiary alicyclic amines) is 1. The van der Waals surface area contributed by atoms with Crippen LogP contribution >= 0.6 is 11.8 Å². The number of amides is 1. The molecule has 0 radical (unpaired) electrons. The highest BCUT2D eigenvalue weighted by Crippen LogP contribution is 2.21. The Bertz CT molecular complexity index is 496. The Kier molecular flexibility index (Phi) is 5.87. The van der Waals surface area contributed by atoms with Gasteiger partial charge in [-0.25, -0.2) is 4.98 Å². The SMILES string of the molecule is CCN1CCCC1CNC(=O)c1ccc(SC)nc1OC. The van der Waals surface area contributed by atoms with Crippen LogP contribution in [0.15, 0.2) is 17.2 Å². The number of carbonyl (C=O) groups excluding carboxylic acids is 1. The van der Waals surface area contributed by atoms with Gasteiger partial charge in [-0.2, -0.15) is 0 Å². The number of rotatable bonds is 6. The van der Waals surface area contributed by atoms with Crippen molar-refractivity contribution in [2.24, 2.45) is 0 Å². The Labute approximate surface area is 130 Å². The fourth-order valence-corrected chi connectivity index (χ4v) is 3.09. The molecule has 0 aromatic carbocycles. The molecule has 1 atom stereocenters. The van der Waals surface area contributed by atoms with Gasteiger partial charge in [0, 0.05) is 12.6 Å². The van der Waals surface area contributed by atoms with Crippen LogP contribution in [0.1, 0.15) is 30.1 Å². The van der Waals surface area contributed by atoms with Crippen molar-refractivity contribution in [3.63, 3.8) is 0 Å². The summed E-state index contributed by atoms with van der Waals surface area (Å²) in [6.07, 6.45) is 4.30. The number of pyridine rings is 1. The third kappa shape index (κ3) is 3.89. The van der Waals surface area contributed by atoms with E-state index >= 15 is 0 Å². The summed E-state index contributed by atoms with van der Waals surface area (Å²) in [5.74, 6) is 0.271. The summed E-state index contributed by atoms with van der Waals surface area (Å²) >= 11 is 1.53. The van der Waals surface area contributed by atoms with Gasteiger partial charge in [0.1, 0.15) is 5.56 Å². The van der Waals surface area contributed by atoms with Gasteiger partial charge in [0.15, 0.2) is 0 Å². The molecule has 6 heteroatoms. The van der Waals surface area contributed by atoms with E-state index in [0.717, 1.165) is 24.5 Å². The summed E-state index contributed by atoms with van der Waals surface area (Å²) in [4.78, 5) is 19.0. The van der Waals surface area contributed by atoms with Crippen LogP contribution in [0.3, 0.4) is 0 Å². The zero-order chi connectivity index (χ0) is 15.2. The molecule has 21 heavy (non-hydrogen) atoms. The number of methoxy groups -OCH3 is 1. The lowest BCUT2D eigenvalue weighted by atomic mass is 10.2. The predicted octanol–water partition coefficient (Wildman–Crippen LogP) is 2.03. The predicted molar refractivity (Wildman–Crippen MR) is 85.2 cm³/mol. The van der Waals surface area contributed by atoms with Crippen molar-refractivity contribution in [2.75, 3.05) is 33.0 Å². The van der Waals surface area contributed by atoms with Crippen molar-refractivity contribution >= 4 is 17.7 Å². The first-order valence-corrected chi connectivity index (χ1v) is 8.53. The Morgan fingerprint density at radius 2 is 2.38 bits per heavy atom. The summed E-state index contributed by atoms with van der Waals surface area (Å²) in [6.45, 7) is 5.01. The first-order chi connectivity index (χ1) is 10.2. The number of thioether (sulfide) groups is 1. The molecule has 1 aromatic heterocycles. The van der Waals surface area contributed by atoms with E-state index in [9.17, 15) is 4.79 Å². The van der Waals surface area contributed by atoms with Gasteiger partial charge in [0.05, 0.1) is 12.1 Å². The first-order valence-electron chi connectivity index (χ1n) is 7.30. The third-order valence-electron chi connectivity index (χ3n) is 3.89. The number of likely N-dealkylation sites (N-methyl/N-ethyl adjacent to an activating group) is 1. The Morgan fingerprint density at radius 1 is 1.57 bits per heavy atom. The lowest BCUT2D eigenvalue weighted by Gasteiger charge is -2.23. The van der Waals surface area contributed by atoms with E-state index in [1.54, 1.807) is 13.2 Å². The minimum absolute atomic E-state index is 0.116. The van der Waals surface area contributed by atoms with Crippen molar-refractivity contribution in [2.45, 2.75) is 30.8 Å². The number of carbonyl (C=O) groups is 1. The van der Waals surface area contributed by atoms with Crippen LogP contribution in [0.5, 0.6) is 5.88 Å². The van der Waals surface area contributed by atoms with Crippen LogP contribution in [0, 0.1) is 0 Å². The molecule has 0 aliphatic carbocycles. The number of aromatic nitrogens is 1. The average molecular weight is 309 g/mol. The standard InChI is InChI=1S/C15H23N3O2S/c1-4-18-9-5-6-11(18)10-16-14(19)12-7-8-13(21-3)17-15(12)20-2/h7-8,11H,4-6,9-10H2,1-3H3,(H,16,19). The molecule has 1 amide bonds. The van der Waals surface area contributed by atoms with E-state index in [2.05, 4.69) is 22.1 Å². The van der Waals surface area contributed by atoms with Crippen LogP contribution in [0.4, 0.5) is 0 Å². The maximum atomic E-state index is 12.3.